The molecule has 0 amide bonds. The zero-order chi connectivity index (χ0) is 9.26. The van der Waals surface area contributed by atoms with E-state index >= 15 is 0 Å². The Bertz CT molecular complexity index is 294. The first-order valence-corrected chi connectivity index (χ1v) is 5.17. The van der Waals surface area contributed by atoms with Crippen molar-refractivity contribution in [3.63, 3.8) is 0 Å². The van der Waals surface area contributed by atoms with Crippen LogP contribution in [0.4, 0.5) is 0 Å². The molecule has 5 heteroatoms. The highest BCUT2D eigenvalue weighted by molar-refractivity contribution is 9.10. The number of halogens is 1. The largest absolute Gasteiger partial charge is 0.504 e. The summed E-state index contributed by atoms with van der Waals surface area (Å²) in [6.07, 6.45) is 2.65. The number of nitrogens with one attached hydrogen (secondary N) is 1. The topological polar surface area (TPSA) is 50.1 Å². The highest BCUT2D eigenvalue weighted by Gasteiger charge is 2.17. The fraction of sp³-hybridized carbons (Fsp3) is 0.625. The van der Waals surface area contributed by atoms with E-state index in [4.69, 9.17) is 0 Å². The zero-order valence-electron chi connectivity index (χ0n) is 7.20. The van der Waals surface area contributed by atoms with Gasteiger partial charge in [0.1, 0.15) is 4.60 Å². The summed E-state index contributed by atoms with van der Waals surface area (Å²) in [6.45, 7) is 3.01. The number of hydrogen-bond donors (Lipinski definition) is 2. The van der Waals surface area contributed by atoms with E-state index < -0.39 is 0 Å². The molecular weight excluding hydrogens is 234 g/mol. The Balaban J connectivity index is 2.04. The minimum atomic E-state index is 0.214. The van der Waals surface area contributed by atoms with Gasteiger partial charge in [-0.3, -0.25) is 4.68 Å². The van der Waals surface area contributed by atoms with Crippen LogP contribution in [0.1, 0.15) is 6.42 Å². The highest BCUT2D eigenvalue weighted by Crippen LogP contribution is 2.24. The van der Waals surface area contributed by atoms with E-state index in [1.165, 1.54) is 12.6 Å². The molecule has 0 radical (unpaired) electrons. The number of nitrogens with zero attached hydrogens (tertiary/aromatic N) is 2. The van der Waals surface area contributed by atoms with E-state index in [-0.39, 0.29) is 5.75 Å². The molecule has 0 saturated carbocycles. The number of aromatic hydroxyl groups is 1. The summed E-state index contributed by atoms with van der Waals surface area (Å²) in [5, 5.41) is 16.6. The molecule has 1 aliphatic rings. The molecule has 1 unspecified atom stereocenters. The third-order valence-electron chi connectivity index (χ3n) is 2.35. The molecule has 2 heterocycles. The lowest BCUT2D eigenvalue weighted by Gasteiger charge is -2.08. The summed E-state index contributed by atoms with van der Waals surface area (Å²) < 4.78 is 2.48. The molecule has 1 aliphatic heterocycles. The first-order valence-electron chi connectivity index (χ1n) is 4.38. The van der Waals surface area contributed by atoms with Crippen molar-refractivity contribution in [1.82, 2.24) is 15.1 Å². The third-order valence-corrected chi connectivity index (χ3v) is 3.17. The Morgan fingerprint density at radius 2 is 2.62 bits per heavy atom. The van der Waals surface area contributed by atoms with Gasteiger partial charge in [0, 0.05) is 6.54 Å². The van der Waals surface area contributed by atoms with Crippen molar-refractivity contribution in [2.24, 2.45) is 5.92 Å². The van der Waals surface area contributed by atoms with Crippen LogP contribution in [-0.4, -0.2) is 28.0 Å². The summed E-state index contributed by atoms with van der Waals surface area (Å²) in [5.74, 6) is 0.849. The second-order valence-electron chi connectivity index (χ2n) is 3.36. The molecule has 1 atom stereocenters. The molecule has 2 rings (SSSR count). The van der Waals surface area contributed by atoms with Crippen LogP contribution in [-0.2, 0) is 6.54 Å². The van der Waals surface area contributed by atoms with Gasteiger partial charge in [0.25, 0.3) is 0 Å². The SMILES string of the molecule is Oc1cnn(CC2CCNC2)c1Br. The van der Waals surface area contributed by atoms with Crippen molar-refractivity contribution in [3.05, 3.63) is 10.8 Å². The Labute approximate surface area is 85.1 Å². The smallest absolute Gasteiger partial charge is 0.168 e. The van der Waals surface area contributed by atoms with Crippen LogP contribution in [0.5, 0.6) is 5.75 Å². The standard InChI is InChI=1S/C8H12BrN3O/c9-8-7(13)4-11-12(8)5-6-1-2-10-3-6/h4,6,10,13H,1-3,5H2. The molecule has 1 aromatic rings. The van der Waals surface area contributed by atoms with E-state index in [2.05, 4.69) is 26.3 Å². The van der Waals surface area contributed by atoms with Crippen molar-refractivity contribution in [1.29, 1.82) is 0 Å². The fourth-order valence-corrected chi connectivity index (χ4v) is 1.94. The first-order chi connectivity index (χ1) is 6.27. The van der Waals surface area contributed by atoms with Crippen molar-refractivity contribution in [2.75, 3.05) is 13.1 Å². The molecule has 4 nitrogen and oxygen atoms in total. The predicted molar refractivity (Wildman–Crippen MR) is 52.6 cm³/mol. The quantitative estimate of drug-likeness (QED) is 0.817. The minimum absolute atomic E-state index is 0.214. The summed E-state index contributed by atoms with van der Waals surface area (Å²) in [4.78, 5) is 0. The second-order valence-corrected chi connectivity index (χ2v) is 4.11. The van der Waals surface area contributed by atoms with Crippen molar-refractivity contribution in [3.8, 4) is 5.75 Å². The monoisotopic (exact) mass is 245 g/mol. The average molecular weight is 246 g/mol. The Morgan fingerprint density at radius 1 is 1.77 bits per heavy atom. The molecule has 0 bridgehead atoms. The maximum Gasteiger partial charge on any atom is 0.168 e. The molecule has 1 aromatic heterocycles. The van der Waals surface area contributed by atoms with Gasteiger partial charge in [0.2, 0.25) is 0 Å². The third kappa shape index (κ3) is 1.86. The lowest BCUT2D eigenvalue weighted by atomic mass is 10.1. The van der Waals surface area contributed by atoms with E-state index in [0.29, 0.717) is 10.5 Å². The van der Waals surface area contributed by atoms with Crippen LogP contribution in [0.15, 0.2) is 10.8 Å². The molecule has 2 N–H and O–H groups in total. The molecule has 1 fully saturated rings. The van der Waals surface area contributed by atoms with Gasteiger partial charge in [-0.2, -0.15) is 5.10 Å². The van der Waals surface area contributed by atoms with Crippen LogP contribution in [0, 0.1) is 5.92 Å². The van der Waals surface area contributed by atoms with Gasteiger partial charge in [-0.1, -0.05) is 0 Å². The van der Waals surface area contributed by atoms with E-state index in [0.717, 1.165) is 19.6 Å². The summed E-state index contributed by atoms with van der Waals surface area (Å²) in [6, 6.07) is 0. The van der Waals surface area contributed by atoms with Crippen molar-refractivity contribution in [2.45, 2.75) is 13.0 Å². The fourth-order valence-electron chi connectivity index (χ4n) is 1.60. The first kappa shape index (κ1) is 9.02. The van der Waals surface area contributed by atoms with Gasteiger partial charge in [-0.15, -0.1) is 0 Å². The van der Waals surface area contributed by atoms with Gasteiger partial charge in [-0.25, -0.2) is 0 Å². The van der Waals surface area contributed by atoms with Gasteiger partial charge in [0.05, 0.1) is 6.20 Å². The molecule has 0 aromatic carbocycles. The van der Waals surface area contributed by atoms with Crippen LogP contribution in [0.25, 0.3) is 0 Å². The summed E-state index contributed by atoms with van der Waals surface area (Å²) in [5.41, 5.74) is 0. The summed E-state index contributed by atoms with van der Waals surface area (Å²) >= 11 is 3.29. The van der Waals surface area contributed by atoms with Crippen molar-refractivity contribution < 1.29 is 5.11 Å². The van der Waals surface area contributed by atoms with Gasteiger partial charge in [-0.05, 0) is 41.4 Å². The lowest BCUT2D eigenvalue weighted by Crippen LogP contribution is -2.15. The number of rotatable bonds is 2. The Kier molecular flexibility index (Phi) is 2.55. The average Bonchev–Trinajstić information content (AvgIpc) is 2.71. The molecule has 1 saturated heterocycles. The number of hydrogen-bond acceptors (Lipinski definition) is 3. The highest BCUT2D eigenvalue weighted by atomic mass is 79.9. The zero-order valence-corrected chi connectivity index (χ0v) is 8.79. The Hall–Kier alpha value is -0.550. The van der Waals surface area contributed by atoms with Gasteiger partial charge < -0.3 is 10.4 Å². The van der Waals surface area contributed by atoms with E-state index in [1.807, 2.05) is 0 Å². The molecular formula is C8H12BrN3O. The van der Waals surface area contributed by atoms with Crippen LogP contribution in [0.2, 0.25) is 0 Å². The van der Waals surface area contributed by atoms with E-state index in [9.17, 15) is 5.11 Å². The van der Waals surface area contributed by atoms with Crippen LogP contribution >= 0.6 is 15.9 Å². The second kappa shape index (κ2) is 3.67. The minimum Gasteiger partial charge on any atom is -0.504 e. The lowest BCUT2D eigenvalue weighted by molar-refractivity contribution is 0.434. The van der Waals surface area contributed by atoms with Crippen LogP contribution in [0.3, 0.4) is 0 Å². The van der Waals surface area contributed by atoms with Gasteiger partial charge >= 0.3 is 0 Å². The molecule has 13 heavy (non-hydrogen) atoms. The van der Waals surface area contributed by atoms with Crippen LogP contribution < -0.4 is 5.32 Å². The van der Waals surface area contributed by atoms with Gasteiger partial charge in [0.15, 0.2) is 5.75 Å². The summed E-state index contributed by atoms with van der Waals surface area (Å²) in [7, 11) is 0. The van der Waals surface area contributed by atoms with Crippen molar-refractivity contribution >= 4 is 15.9 Å². The predicted octanol–water partition coefficient (Wildman–Crippen LogP) is 0.961. The van der Waals surface area contributed by atoms with E-state index in [1.54, 1.807) is 4.68 Å². The molecule has 0 spiro atoms. The Morgan fingerprint density at radius 3 is 3.15 bits per heavy atom. The molecule has 72 valence electrons. The maximum absolute atomic E-state index is 9.27. The molecule has 0 aliphatic carbocycles. The normalized spacial score (nSPS) is 22.4. The number of aromatic nitrogens is 2. The maximum atomic E-state index is 9.27.